The summed E-state index contributed by atoms with van der Waals surface area (Å²) in [6, 6.07) is 0.867. The standard InChI is InChI=1S/C9H22O3SSi.K.H/c1-4-10-14(11-5-2,12-6-3)9-7-8-13;;/h13H,4-9H2,1-3H3;;. The topological polar surface area (TPSA) is 27.7 Å². The molecule has 0 aliphatic carbocycles. The van der Waals surface area contributed by atoms with Crippen molar-refractivity contribution in [3.63, 3.8) is 0 Å². The monoisotopic (exact) mass is 278 g/mol. The number of thiol groups is 1. The second kappa shape index (κ2) is 12.5. The van der Waals surface area contributed by atoms with E-state index in [9.17, 15) is 0 Å². The molecule has 88 valence electrons. The fourth-order valence-electron chi connectivity index (χ4n) is 1.30. The van der Waals surface area contributed by atoms with Crippen molar-refractivity contribution >= 4 is 72.8 Å². The van der Waals surface area contributed by atoms with Crippen LogP contribution in [0.2, 0.25) is 6.04 Å². The molecule has 0 aliphatic rings. The normalized spacial score (nSPS) is 11.2. The third-order valence-corrected chi connectivity index (χ3v) is 5.20. The molecule has 0 saturated carbocycles. The van der Waals surface area contributed by atoms with Crippen molar-refractivity contribution in [3.8, 4) is 0 Å². The van der Waals surface area contributed by atoms with E-state index in [0.29, 0.717) is 19.8 Å². The van der Waals surface area contributed by atoms with Crippen LogP contribution >= 0.6 is 12.6 Å². The van der Waals surface area contributed by atoms with Crippen molar-refractivity contribution in [2.75, 3.05) is 25.6 Å². The average molecular weight is 279 g/mol. The summed E-state index contributed by atoms with van der Waals surface area (Å²) < 4.78 is 17.0. The van der Waals surface area contributed by atoms with Gasteiger partial charge in [0.2, 0.25) is 0 Å². The molecule has 15 heavy (non-hydrogen) atoms. The molecule has 0 aromatic rings. The Balaban J connectivity index is 0. The van der Waals surface area contributed by atoms with Crippen LogP contribution in [0, 0.1) is 0 Å². The summed E-state index contributed by atoms with van der Waals surface area (Å²) >= 11 is 4.19. The fraction of sp³-hybridized carbons (Fsp3) is 1.00. The SMILES string of the molecule is CCO[Si](CCCS)(OCC)OCC.[KH]. The van der Waals surface area contributed by atoms with E-state index in [2.05, 4.69) is 12.6 Å². The van der Waals surface area contributed by atoms with Crippen LogP contribution in [0.4, 0.5) is 0 Å². The Hall–Kier alpha value is 2.08. The molecular formula is C9H23KO3SSi. The molecule has 0 fully saturated rings. The van der Waals surface area contributed by atoms with E-state index in [1.807, 2.05) is 20.8 Å². The van der Waals surface area contributed by atoms with Gasteiger partial charge in [-0.1, -0.05) is 0 Å². The molecule has 0 aliphatic heterocycles. The Bertz CT molecular complexity index is 124. The minimum atomic E-state index is -2.37. The number of rotatable bonds is 9. The molecule has 0 aromatic heterocycles. The van der Waals surface area contributed by atoms with Gasteiger partial charge in [0.25, 0.3) is 0 Å². The van der Waals surface area contributed by atoms with Gasteiger partial charge in [0.05, 0.1) is 0 Å². The van der Waals surface area contributed by atoms with Crippen LogP contribution < -0.4 is 0 Å². The molecule has 0 N–H and O–H groups in total. The van der Waals surface area contributed by atoms with Gasteiger partial charge < -0.3 is 13.3 Å². The van der Waals surface area contributed by atoms with Crippen molar-refractivity contribution in [2.24, 2.45) is 0 Å². The maximum absolute atomic E-state index is 5.67. The van der Waals surface area contributed by atoms with E-state index >= 15 is 0 Å². The Kier molecular flexibility index (Phi) is 16.2. The molecule has 0 bridgehead atoms. The summed E-state index contributed by atoms with van der Waals surface area (Å²) in [5, 5.41) is 0. The second-order valence-electron chi connectivity index (χ2n) is 2.81. The van der Waals surface area contributed by atoms with Crippen molar-refractivity contribution in [2.45, 2.75) is 33.2 Å². The van der Waals surface area contributed by atoms with Crippen LogP contribution in [0.5, 0.6) is 0 Å². The summed E-state index contributed by atoms with van der Waals surface area (Å²) in [5.41, 5.74) is 0. The van der Waals surface area contributed by atoms with E-state index in [4.69, 9.17) is 13.3 Å². The number of hydrogen-bond donors (Lipinski definition) is 1. The molecule has 0 saturated heterocycles. The van der Waals surface area contributed by atoms with E-state index in [1.165, 1.54) is 0 Å². The van der Waals surface area contributed by atoms with Crippen LogP contribution in [-0.2, 0) is 13.3 Å². The summed E-state index contributed by atoms with van der Waals surface area (Å²) in [4.78, 5) is 0. The van der Waals surface area contributed by atoms with Crippen LogP contribution in [0.1, 0.15) is 27.2 Å². The molecule has 3 nitrogen and oxygen atoms in total. The van der Waals surface area contributed by atoms with Crippen molar-refractivity contribution in [1.82, 2.24) is 0 Å². The zero-order valence-corrected chi connectivity index (χ0v) is 11.3. The van der Waals surface area contributed by atoms with Crippen molar-refractivity contribution < 1.29 is 13.3 Å². The molecular weight excluding hydrogens is 255 g/mol. The summed E-state index contributed by atoms with van der Waals surface area (Å²) in [6.07, 6.45) is 0.981. The van der Waals surface area contributed by atoms with Crippen molar-refractivity contribution in [1.29, 1.82) is 0 Å². The Morgan fingerprint density at radius 2 is 1.33 bits per heavy atom. The Labute approximate surface area is 143 Å². The molecule has 0 heterocycles. The Morgan fingerprint density at radius 1 is 0.933 bits per heavy atom. The van der Waals surface area contributed by atoms with Gasteiger partial charge in [0.1, 0.15) is 0 Å². The van der Waals surface area contributed by atoms with E-state index in [1.54, 1.807) is 0 Å². The molecule has 6 heteroatoms. The van der Waals surface area contributed by atoms with Crippen LogP contribution in [0.15, 0.2) is 0 Å². The first-order valence-electron chi connectivity index (χ1n) is 5.27. The van der Waals surface area contributed by atoms with Gasteiger partial charge in [0.15, 0.2) is 0 Å². The molecule has 0 aromatic carbocycles. The summed E-state index contributed by atoms with van der Waals surface area (Å²) in [5.74, 6) is 0.849. The van der Waals surface area contributed by atoms with Gasteiger partial charge in [-0.15, -0.1) is 0 Å². The summed E-state index contributed by atoms with van der Waals surface area (Å²) in [7, 11) is -2.37. The van der Waals surface area contributed by atoms with Gasteiger partial charge in [-0.3, -0.25) is 0 Å². The molecule has 0 amide bonds. The minimum absolute atomic E-state index is 0. The van der Waals surface area contributed by atoms with Crippen LogP contribution in [0.3, 0.4) is 0 Å². The van der Waals surface area contributed by atoms with Crippen LogP contribution in [0.25, 0.3) is 0 Å². The Morgan fingerprint density at radius 3 is 1.60 bits per heavy atom. The quantitative estimate of drug-likeness (QED) is 0.514. The zero-order chi connectivity index (χ0) is 10.9. The first-order valence-corrected chi connectivity index (χ1v) is 7.83. The fourth-order valence-corrected chi connectivity index (χ4v) is 4.36. The van der Waals surface area contributed by atoms with Gasteiger partial charge >= 0.3 is 60.2 Å². The van der Waals surface area contributed by atoms with Gasteiger partial charge in [-0.2, -0.15) is 12.6 Å². The van der Waals surface area contributed by atoms with E-state index < -0.39 is 8.80 Å². The van der Waals surface area contributed by atoms with Gasteiger partial charge in [-0.05, 0) is 32.9 Å². The first-order chi connectivity index (χ1) is 6.74. The van der Waals surface area contributed by atoms with Gasteiger partial charge in [-0.25, -0.2) is 0 Å². The zero-order valence-electron chi connectivity index (χ0n) is 9.41. The van der Waals surface area contributed by atoms with E-state index in [-0.39, 0.29) is 51.4 Å². The third kappa shape index (κ3) is 8.76. The molecule has 0 rings (SSSR count). The van der Waals surface area contributed by atoms with Crippen molar-refractivity contribution in [3.05, 3.63) is 0 Å². The average Bonchev–Trinajstić information content (AvgIpc) is 2.16. The third-order valence-electron chi connectivity index (χ3n) is 1.73. The first kappa shape index (κ1) is 19.4. The second-order valence-corrected chi connectivity index (χ2v) is 5.99. The molecule has 0 spiro atoms. The predicted molar refractivity (Wildman–Crippen MR) is 71.1 cm³/mol. The number of hydrogen-bond acceptors (Lipinski definition) is 4. The maximum atomic E-state index is 5.67. The molecule has 0 atom stereocenters. The predicted octanol–water partition coefficient (Wildman–Crippen LogP) is 1.71. The van der Waals surface area contributed by atoms with Gasteiger partial charge in [0, 0.05) is 25.9 Å². The van der Waals surface area contributed by atoms with E-state index in [0.717, 1.165) is 18.2 Å². The summed E-state index contributed by atoms with van der Waals surface area (Å²) in [6.45, 7) is 7.87. The molecule has 0 radical (unpaired) electrons. The molecule has 0 unspecified atom stereocenters. The van der Waals surface area contributed by atoms with Crippen LogP contribution in [-0.4, -0.2) is 85.8 Å².